The van der Waals surface area contributed by atoms with Crippen molar-refractivity contribution in [3.8, 4) is 0 Å². The van der Waals surface area contributed by atoms with Gasteiger partial charge in [0.05, 0.1) is 12.7 Å². The van der Waals surface area contributed by atoms with Gasteiger partial charge in [0, 0.05) is 12.8 Å². The summed E-state index contributed by atoms with van der Waals surface area (Å²) in [5, 5.41) is 19.5. The predicted octanol–water partition coefficient (Wildman–Crippen LogP) is 8.94. The SMILES string of the molecule is CC/C=C/C/C=C/C=C/C(O)CCCCCCCC(=O)OC[C@H](CO)OC(=O)CCCCCCCCCCCC(C)C. The fourth-order valence-corrected chi connectivity index (χ4v) is 4.63. The molecule has 2 atom stereocenters. The third-order valence-electron chi connectivity index (χ3n) is 7.23. The van der Waals surface area contributed by atoms with Crippen molar-refractivity contribution in [3.05, 3.63) is 36.5 Å². The van der Waals surface area contributed by atoms with Gasteiger partial charge in [-0.3, -0.25) is 9.59 Å². The summed E-state index contributed by atoms with van der Waals surface area (Å²) in [5.74, 6) is 0.137. The number of unbranched alkanes of at least 4 members (excludes halogenated alkanes) is 12. The number of hydrogen-bond acceptors (Lipinski definition) is 6. The van der Waals surface area contributed by atoms with Gasteiger partial charge >= 0.3 is 11.9 Å². The average molecular weight is 593 g/mol. The molecule has 1 unspecified atom stereocenters. The molecule has 0 aromatic rings. The van der Waals surface area contributed by atoms with Crippen LogP contribution < -0.4 is 0 Å². The normalized spacial score (nSPS) is 13.5. The highest BCUT2D eigenvalue weighted by Crippen LogP contribution is 2.14. The third-order valence-corrected chi connectivity index (χ3v) is 7.23. The monoisotopic (exact) mass is 592 g/mol. The molecular weight excluding hydrogens is 528 g/mol. The molecule has 0 aliphatic carbocycles. The van der Waals surface area contributed by atoms with Gasteiger partial charge in [-0.2, -0.15) is 0 Å². The maximum absolute atomic E-state index is 12.1. The largest absolute Gasteiger partial charge is 0.462 e. The first kappa shape index (κ1) is 40.1. The molecule has 0 saturated carbocycles. The minimum atomic E-state index is -0.800. The van der Waals surface area contributed by atoms with E-state index in [-0.39, 0.29) is 25.2 Å². The van der Waals surface area contributed by atoms with Crippen molar-refractivity contribution in [3.63, 3.8) is 0 Å². The van der Waals surface area contributed by atoms with E-state index in [1.807, 2.05) is 18.2 Å². The topological polar surface area (TPSA) is 93.1 Å². The quantitative estimate of drug-likeness (QED) is 0.0390. The summed E-state index contributed by atoms with van der Waals surface area (Å²) in [5.41, 5.74) is 0. The number of allylic oxidation sites excluding steroid dienone is 5. The molecule has 0 aliphatic heterocycles. The Bertz CT molecular complexity index is 712. The minimum Gasteiger partial charge on any atom is -0.462 e. The van der Waals surface area contributed by atoms with Crippen molar-refractivity contribution in [1.29, 1.82) is 0 Å². The first-order valence-electron chi connectivity index (χ1n) is 17.0. The molecule has 6 nitrogen and oxygen atoms in total. The van der Waals surface area contributed by atoms with E-state index < -0.39 is 12.2 Å². The number of hydrogen-bond donors (Lipinski definition) is 2. The molecule has 0 bridgehead atoms. The second-order valence-corrected chi connectivity index (χ2v) is 11.9. The Kier molecular flexibility index (Phi) is 29.1. The number of aliphatic hydroxyl groups is 2. The first-order chi connectivity index (χ1) is 20.4. The van der Waals surface area contributed by atoms with E-state index in [1.54, 1.807) is 0 Å². The van der Waals surface area contributed by atoms with Crippen molar-refractivity contribution in [1.82, 2.24) is 0 Å². The van der Waals surface area contributed by atoms with Crippen LogP contribution >= 0.6 is 0 Å². The summed E-state index contributed by atoms with van der Waals surface area (Å²) < 4.78 is 10.5. The molecule has 0 aromatic heterocycles. The zero-order valence-electron chi connectivity index (χ0n) is 27.3. The number of ether oxygens (including phenoxy) is 2. The second-order valence-electron chi connectivity index (χ2n) is 11.9. The molecule has 0 rings (SSSR count). The van der Waals surface area contributed by atoms with Gasteiger partial charge in [0.25, 0.3) is 0 Å². The molecule has 0 heterocycles. The number of esters is 2. The van der Waals surface area contributed by atoms with Crippen LogP contribution in [0.5, 0.6) is 0 Å². The number of carbonyl (C=O) groups excluding carboxylic acids is 2. The molecule has 0 saturated heterocycles. The maximum atomic E-state index is 12.1. The van der Waals surface area contributed by atoms with Crippen LogP contribution in [0.3, 0.4) is 0 Å². The van der Waals surface area contributed by atoms with E-state index in [9.17, 15) is 19.8 Å². The van der Waals surface area contributed by atoms with Crippen molar-refractivity contribution in [2.75, 3.05) is 13.2 Å². The first-order valence-corrected chi connectivity index (χ1v) is 17.0. The molecule has 0 aromatic carbocycles. The Hall–Kier alpha value is -1.92. The molecular formula is C36H64O6. The van der Waals surface area contributed by atoms with Gasteiger partial charge in [-0.1, -0.05) is 141 Å². The zero-order chi connectivity index (χ0) is 31.1. The van der Waals surface area contributed by atoms with Crippen molar-refractivity contribution < 1.29 is 29.3 Å². The fraction of sp³-hybridized carbons (Fsp3) is 0.778. The van der Waals surface area contributed by atoms with Gasteiger partial charge < -0.3 is 19.7 Å². The highest BCUT2D eigenvalue weighted by molar-refractivity contribution is 5.70. The molecule has 0 radical (unpaired) electrons. The maximum Gasteiger partial charge on any atom is 0.306 e. The number of carbonyl (C=O) groups is 2. The van der Waals surface area contributed by atoms with E-state index >= 15 is 0 Å². The van der Waals surface area contributed by atoms with Crippen LogP contribution in [0.2, 0.25) is 0 Å². The molecule has 42 heavy (non-hydrogen) atoms. The third kappa shape index (κ3) is 29.6. The Morgan fingerprint density at radius 1 is 0.690 bits per heavy atom. The molecule has 0 amide bonds. The summed E-state index contributed by atoms with van der Waals surface area (Å²) in [7, 11) is 0. The molecule has 244 valence electrons. The highest BCUT2D eigenvalue weighted by atomic mass is 16.6. The van der Waals surface area contributed by atoms with Crippen molar-refractivity contribution in [2.24, 2.45) is 5.92 Å². The molecule has 0 aliphatic rings. The van der Waals surface area contributed by atoms with Gasteiger partial charge in [-0.05, 0) is 38.0 Å². The Labute approximate surface area is 258 Å². The van der Waals surface area contributed by atoms with E-state index in [2.05, 4.69) is 39.0 Å². The lowest BCUT2D eigenvalue weighted by Gasteiger charge is -2.15. The molecule has 6 heteroatoms. The van der Waals surface area contributed by atoms with Gasteiger partial charge in [0.15, 0.2) is 6.10 Å². The number of rotatable bonds is 29. The summed E-state index contributed by atoms with van der Waals surface area (Å²) in [6, 6.07) is 0. The van der Waals surface area contributed by atoms with Gasteiger partial charge in [-0.25, -0.2) is 0 Å². The summed E-state index contributed by atoms with van der Waals surface area (Å²) in [6.07, 6.45) is 30.8. The van der Waals surface area contributed by atoms with E-state index in [1.165, 1.54) is 44.9 Å². The average Bonchev–Trinajstić information content (AvgIpc) is 2.96. The van der Waals surface area contributed by atoms with Gasteiger partial charge in [0.2, 0.25) is 0 Å². The summed E-state index contributed by atoms with van der Waals surface area (Å²) in [4.78, 5) is 24.1. The van der Waals surface area contributed by atoms with Crippen LogP contribution in [-0.2, 0) is 19.1 Å². The van der Waals surface area contributed by atoms with E-state index in [0.717, 1.165) is 76.5 Å². The second kappa shape index (κ2) is 30.5. The number of aliphatic hydroxyl groups excluding tert-OH is 2. The van der Waals surface area contributed by atoms with Crippen LogP contribution in [-0.4, -0.2) is 47.6 Å². The van der Waals surface area contributed by atoms with E-state index in [0.29, 0.717) is 12.8 Å². The Morgan fingerprint density at radius 2 is 1.24 bits per heavy atom. The zero-order valence-corrected chi connectivity index (χ0v) is 27.3. The standard InChI is InChI=1S/C36H64O6/c1-4-5-6-7-11-16-21-26-33(38)27-22-17-14-19-23-28-35(39)41-31-34(30-37)42-36(40)29-24-18-13-10-8-9-12-15-20-25-32(2)3/h5-6,11,16,21,26,32-34,37-38H,4,7-10,12-15,17-20,22-25,27-31H2,1-3H3/b6-5+,16-11+,26-21+/t33?,34-/m0/s1. The molecule has 2 N–H and O–H groups in total. The van der Waals surface area contributed by atoms with Gasteiger partial charge in [-0.15, -0.1) is 0 Å². The highest BCUT2D eigenvalue weighted by Gasteiger charge is 2.16. The van der Waals surface area contributed by atoms with Gasteiger partial charge in [0.1, 0.15) is 6.61 Å². The smallest absolute Gasteiger partial charge is 0.306 e. The molecule has 0 fully saturated rings. The van der Waals surface area contributed by atoms with Crippen molar-refractivity contribution >= 4 is 11.9 Å². The lowest BCUT2D eigenvalue weighted by Crippen LogP contribution is -2.28. The Morgan fingerprint density at radius 3 is 1.81 bits per heavy atom. The van der Waals surface area contributed by atoms with Crippen LogP contribution in [0.25, 0.3) is 0 Å². The van der Waals surface area contributed by atoms with Crippen LogP contribution in [0.15, 0.2) is 36.5 Å². The fourth-order valence-electron chi connectivity index (χ4n) is 4.63. The lowest BCUT2D eigenvalue weighted by atomic mass is 10.0. The van der Waals surface area contributed by atoms with Crippen molar-refractivity contribution in [2.45, 2.75) is 161 Å². The van der Waals surface area contributed by atoms with Crippen LogP contribution in [0, 0.1) is 5.92 Å². The van der Waals surface area contributed by atoms with E-state index in [4.69, 9.17) is 9.47 Å². The summed E-state index contributed by atoms with van der Waals surface area (Å²) >= 11 is 0. The van der Waals surface area contributed by atoms with Crippen LogP contribution in [0.4, 0.5) is 0 Å². The lowest BCUT2D eigenvalue weighted by molar-refractivity contribution is -0.161. The minimum absolute atomic E-state index is 0.103. The summed E-state index contributed by atoms with van der Waals surface area (Å²) in [6.45, 7) is 6.21. The predicted molar refractivity (Wildman–Crippen MR) is 174 cm³/mol. The Balaban J connectivity index is 3.70. The van der Waals surface area contributed by atoms with Crippen LogP contribution in [0.1, 0.15) is 149 Å². The molecule has 0 spiro atoms.